The summed E-state index contributed by atoms with van der Waals surface area (Å²) < 4.78 is 0. The summed E-state index contributed by atoms with van der Waals surface area (Å²) in [6.45, 7) is 8.08. The lowest BCUT2D eigenvalue weighted by Crippen LogP contribution is -2.53. The lowest BCUT2D eigenvalue weighted by atomic mass is 9.83. The second-order valence-electron chi connectivity index (χ2n) is 6.87. The van der Waals surface area contributed by atoms with Crippen LogP contribution < -0.4 is 5.32 Å². The molecular weight excluding hydrogens is 256 g/mol. The Kier molecular flexibility index (Phi) is 5.42. The average molecular weight is 284 g/mol. The Morgan fingerprint density at radius 2 is 1.80 bits per heavy atom. The predicted molar refractivity (Wildman–Crippen MR) is 78.7 cm³/mol. The molecule has 0 spiro atoms. The number of carbonyl (C=O) groups excluding carboxylic acids is 1. The molecule has 0 aromatic heterocycles. The van der Waals surface area contributed by atoms with Gasteiger partial charge in [0.05, 0.1) is 0 Å². The van der Waals surface area contributed by atoms with Crippen molar-refractivity contribution in [3.8, 4) is 0 Å². The van der Waals surface area contributed by atoms with Gasteiger partial charge in [-0.05, 0) is 45.4 Å². The zero-order chi connectivity index (χ0) is 15.4. The molecule has 1 aliphatic carbocycles. The van der Waals surface area contributed by atoms with Gasteiger partial charge in [0, 0.05) is 12.1 Å². The SMILES string of the molecule is CCC1(CNC(=O)N(CC(=O)O)C(C)(C)C)CCCC1. The fourth-order valence-electron chi connectivity index (χ4n) is 2.89. The standard InChI is InChI=1S/C15H28N2O3/c1-5-15(8-6-7-9-15)11-16-13(20)17(10-12(18)19)14(2,3)4/h5-11H2,1-4H3,(H,16,20)(H,18,19). The molecule has 2 amide bonds. The van der Waals surface area contributed by atoms with Crippen molar-refractivity contribution in [2.45, 2.75) is 65.3 Å². The summed E-state index contributed by atoms with van der Waals surface area (Å²) in [5, 5.41) is 11.9. The van der Waals surface area contributed by atoms with E-state index in [4.69, 9.17) is 5.11 Å². The van der Waals surface area contributed by atoms with Crippen molar-refractivity contribution >= 4 is 12.0 Å². The highest BCUT2D eigenvalue weighted by atomic mass is 16.4. The highest BCUT2D eigenvalue weighted by Crippen LogP contribution is 2.40. The molecule has 116 valence electrons. The molecule has 1 fully saturated rings. The van der Waals surface area contributed by atoms with Crippen LogP contribution in [0, 0.1) is 5.41 Å². The van der Waals surface area contributed by atoms with Gasteiger partial charge in [0.25, 0.3) is 0 Å². The summed E-state index contributed by atoms with van der Waals surface area (Å²) in [4.78, 5) is 24.6. The zero-order valence-corrected chi connectivity index (χ0v) is 13.2. The minimum Gasteiger partial charge on any atom is -0.480 e. The Labute approximate surface area is 121 Å². The fourth-order valence-corrected chi connectivity index (χ4v) is 2.89. The largest absolute Gasteiger partial charge is 0.480 e. The quantitative estimate of drug-likeness (QED) is 0.815. The van der Waals surface area contributed by atoms with Crippen LogP contribution in [-0.2, 0) is 4.79 Å². The van der Waals surface area contributed by atoms with Gasteiger partial charge in [0.2, 0.25) is 0 Å². The normalized spacial score (nSPS) is 17.8. The van der Waals surface area contributed by atoms with Crippen LogP contribution in [0.3, 0.4) is 0 Å². The minimum absolute atomic E-state index is 0.211. The van der Waals surface area contributed by atoms with Gasteiger partial charge in [-0.2, -0.15) is 0 Å². The highest BCUT2D eigenvalue weighted by molar-refractivity contribution is 5.80. The van der Waals surface area contributed by atoms with Gasteiger partial charge in [-0.15, -0.1) is 0 Å². The van der Waals surface area contributed by atoms with Gasteiger partial charge >= 0.3 is 12.0 Å². The maximum absolute atomic E-state index is 12.3. The zero-order valence-electron chi connectivity index (χ0n) is 13.2. The third-order valence-electron chi connectivity index (χ3n) is 4.38. The molecule has 0 bridgehead atoms. The van der Waals surface area contributed by atoms with E-state index in [1.165, 1.54) is 17.7 Å². The molecule has 2 N–H and O–H groups in total. The van der Waals surface area contributed by atoms with Gasteiger partial charge < -0.3 is 15.3 Å². The first-order valence-electron chi connectivity index (χ1n) is 7.47. The Morgan fingerprint density at radius 1 is 1.25 bits per heavy atom. The molecule has 0 saturated heterocycles. The molecular formula is C15H28N2O3. The molecule has 5 nitrogen and oxygen atoms in total. The topological polar surface area (TPSA) is 69.6 Å². The summed E-state index contributed by atoms with van der Waals surface area (Å²) in [6, 6.07) is -0.278. The molecule has 1 saturated carbocycles. The van der Waals surface area contributed by atoms with Crippen molar-refractivity contribution in [1.29, 1.82) is 0 Å². The molecule has 0 aromatic rings. The van der Waals surface area contributed by atoms with E-state index in [2.05, 4.69) is 12.2 Å². The summed E-state index contributed by atoms with van der Waals surface area (Å²) in [5.74, 6) is -0.985. The molecule has 1 rings (SSSR count). The molecule has 0 radical (unpaired) electrons. The van der Waals surface area contributed by atoms with E-state index in [0.29, 0.717) is 6.54 Å². The Morgan fingerprint density at radius 3 is 2.20 bits per heavy atom. The molecule has 0 heterocycles. The number of rotatable bonds is 5. The van der Waals surface area contributed by atoms with Gasteiger partial charge in [-0.25, -0.2) is 4.79 Å². The van der Waals surface area contributed by atoms with E-state index in [1.807, 2.05) is 20.8 Å². The average Bonchev–Trinajstić information content (AvgIpc) is 2.81. The van der Waals surface area contributed by atoms with Crippen LogP contribution in [0.25, 0.3) is 0 Å². The van der Waals surface area contributed by atoms with Crippen LogP contribution >= 0.6 is 0 Å². The number of hydrogen-bond acceptors (Lipinski definition) is 2. The molecule has 0 aromatic carbocycles. The van der Waals surface area contributed by atoms with E-state index in [0.717, 1.165) is 19.3 Å². The third kappa shape index (κ3) is 4.39. The second-order valence-corrected chi connectivity index (χ2v) is 6.87. The van der Waals surface area contributed by atoms with Crippen LogP contribution in [0.1, 0.15) is 59.8 Å². The van der Waals surface area contributed by atoms with Crippen molar-refractivity contribution in [2.24, 2.45) is 5.41 Å². The number of nitrogens with zero attached hydrogens (tertiary/aromatic N) is 1. The lowest BCUT2D eigenvalue weighted by molar-refractivity contribution is -0.138. The number of nitrogens with one attached hydrogen (secondary N) is 1. The molecule has 1 aliphatic rings. The predicted octanol–water partition coefficient (Wildman–Crippen LogP) is 2.85. The van der Waals surface area contributed by atoms with Crippen molar-refractivity contribution < 1.29 is 14.7 Å². The summed E-state index contributed by atoms with van der Waals surface area (Å²) in [6.07, 6.45) is 5.81. The van der Waals surface area contributed by atoms with Crippen molar-refractivity contribution in [3.63, 3.8) is 0 Å². The van der Waals surface area contributed by atoms with E-state index < -0.39 is 11.5 Å². The molecule has 0 unspecified atom stereocenters. The lowest BCUT2D eigenvalue weighted by Gasteiger charge is -2.36. The van der Waals surface area contributed by atoms with Crippen LogP contribution in [0.4, 0.5) is 4.79 Å². The third-order valence-corrected chi connectivity index (χ3v) is 4.38. The van der Waals surface area contributed by atoms with E-state index in [1.54, 1.807) is 0 Å². The fraction of sp³-hybridized carbons (Fsp3) is 0.867. The van der Waals surface area contributed by atoms with Crippen molar-refractivity contribution in [1.82, 2.24) is 10.2 Å². The molecule has 20 heavy (non-hydrogen) atoms. The maximum Gasteiger partial charge on any atom is 0.323 e. The molecule has 0 aliphatic heterocycles. The summed E-state index contributed by atoms with van der Waals surface area (Å²) in [7, 11) is 0. The smallest absolute Gasteiger partial charge is 0.323 e. The van der Waals surface area contributed by atoms with Crippen LogP contribution in [-0.4, -0.2) is 40.6 Å². The van der Waals surface area contributed by atoms with Gasteiger partial charge in [0.15, 0.2) is 0 Å². The van der Waals surface area contributed by atoms with Crippen LogP contribution in [0.2, 0.25) is 0 Å². The number of hydrogen-bond donors (Lipinski definition) is 2. The monoisotopic (exact) mass is 284 g/mol. The van der Waals surface area contributed by atoms with E-state index in [9.17, 15) is 9.59 Å². The van der Waals surface area contributed by atoms with Gasteiger partial charge in [-0.3, -0.25) is 4.79 Å². The maximum atomic E-state index is 12.3. The van der Waals surface area contributed by atoms with Gasteiger partial charge in [-0.1, -0.05) is 19.8 Å². The van der Waals surface area contributed by atoms with Gasteiger partial charge in [0.1, 0.15) is 6.54 Å². The number of urea groups is 1. The first kappa shape index (κ1) is 16.8. The Hall–Kier alpha value is -1.26. The number of carbonyl (C=O) groups is 2. The number of carboxylic acid groups (broad SMARTS) is 1. The van der Waals surface area contributed by atoms with Crippen LogP contribution in [0.15, 0.2) is 0 Å². The highest BCUT2D eigenvalue weighted by Gasteiger charge is 2.34. The number of carboxylic acids is 1. The minimum atomic E-state index is -0.985. The number of amides is 2. The van der Waals surface area contributed by atoms with E-state index >= 15 is 0 Å². The molecule has 0 atom stereocenters. The Bertz CT molecular complexity index is 355. The second kappa shape index (κ2) is 6.46. The first-order chi connectivity index (χ1) is 9.20. The Balaban J connectivity index is 2.64. The molecule has 5 heteroatoms. The number of aliphatic carboxylic acids is 1. The summed E-state index contributed by atoms with van der Waals surface area (Å²) >= 11 is 0. The summed E-state index contributed by atoms with van der Waals surface area (Å²) in [5.41, 5.74) is -0.292. The first-order valence-corrected chi connectivity index (χ1v) is 7.47. The van der Waals surface area contributed by atoms with E-state index in [-0.39, 0.29) is 18.0 Å². The van der Waals surface area contributed by atoms with Crippen molar-refractivity contribution in [2.75, 3.05) is 13.1 Å². The van der Waals surface area contributed by atoms with Crippen LogP contribution in [0.5, 0.6) is 0 Å². The van der Waals surface area contributed by atoms with Crippen molar-refractivity contribution in [3.05, 3.63) is 0 Å².